The fraction of sp³-hybridized carbons (Fsp3) is 0.600. The average molecular weight is 349 g/mol. The largest absolute Gasteiger partial charge is 0.496 e. The monoisotopic (exact) mass is 348 g/mol. The number of nitrogens with one attached hydrogen (secondary N) is 1. The number of benzene rings is 1. The minimum atomic E-state index is -3.45. The molecule has 0 aromatic heterocycles. The number of hydrogen-bond donors (Lipinski definition) is 1. The second-order valence-electron chi connectivity index (χ2n) is 5.58. The molecule has 0 amide bonds. The summed E-state index contributed by atoms with van der Waals surface area (Å²) in [6.45, 7) is 4.80. The van der Waals surface area contributed by atoms with E-state index in [9.17, 15) is 8.42 Å². The molecule has 1 aliphatic heterocycles. The van der Waals surface area contributed by atoms with Gasteiger partial charge >= 0.3 is 0 Å². The highest BCUT2D eigenvalue weighted by atomic mass is 35.5. The first kappa shape index (κ1) is 19.2. The first-order valence-corrected chi connectivity index (χ1v) is 8.66. The molecule has 5 nitrogen and oxygen atoms in total. The highest BCUT2D eigenvalue weighted by Crippen LogP contribution is 2.29. The van der Waals surface area contributed by atoms with Gasteiger partial charge in [0.1, 0.15) is 5.75 Å². The maximum atomic E-state index is 12.9. The summed E-state index contributed by atoms with van der Waals surface area (Å²) in [6, 6.07) is 3.74. The normalized spacial score (nSPS) is 19.5. The van der Waals surface area contributed by atoms with Crippen LogP contribution in [0.1, 0.15) is 24.0 Å². The van der Waals surface area contributed by atoms with Crippen molar-refractivity contribution in [2.75, 3.05) is 27.2 Å². The molecule has 7 heteroatoms. The lowest BCUT2D eigenvalue weighted by atomic mass is 10.1. The van der Waals surface area contributed by atoms with Crippen LogP contribution in [0.5, 0.6) is 5.75 Å². The van der Waals surface area contributed by atoms with Crippen LogP contribution in [0.2, 0.25) is 0 Å². The lowest BCUT2D eigenvalue weighted by Gasteiger charge is -2.32. The summed E-state index contributed by atoms with van der Waals surface area (Å²) >= 11 is 0. The number of sulfonamides is 1. The van der Waals surface area contributed by atoms with Crippen LogP contribution < -0.4 is 10.1 Å². The van der Waals surface area contributed by atoms with Crippen molar-refractivity contribution in [3.05, 3.63) is 23.3 Å². The Morgan fingerprint density at radius 3 is 2.55 bits per heavy atom. The molecule has 22 heavy (non-hydrogen) atoms. The molecule has 0 radical (unpaired) electrons. The molecule has 0 saturated carbocycles. The van der Waals surface area contributed by atoms with Crippen LogP contribution >= 0.6 is 12.4 Å². The highest BCUT2D eigenvalue weighted by Gasteiger charge is 2.31. The van der Waals surface area contributed by atoms with Crippen molar-refractivity contribution in [2.24, 2.45) is 0 Å². The first-order chi connectivity index (χ1) is 9.90. The van der Waals surface area contributed by atoms with E-state index in [1.807, 2.05) is 20.9 Å². The smallest absolute Gasteiger partial charge is 0.243 e. The van der Waals surface area contributed by atoms with E-state index in [4.69, 9.17) is 4.74 Å². The Hall–Kier alpha value is -0.820. The van der Waals surface area contributed by atoms with Crippen LogP contribution in [-0.4, -0.2) is 46.0 Å². The Bertz CT molecular complexity index is 619. The summed E-state index contributed by atoms with van der Waals surface area (Å²) in [4.78, 5) is 0.387. The van der Waals surface area contributed by atoms with Gasteiger partial charge in [-0.3, -0.25) is 0 Å². The number of ether oxygens (including phenoxy) is 1. The topological polar surface area (TPSA) is 58.6 Å². The molecule has 0 aliphatic carbocycles. The van der Waals surface area contributed by atoms with Gasteiger partial charge in [-0.1, -0.05) is 0 Å². The van der Waals surface area contributed by atoms with E-state index in [1.165, 1.54) is 0 Å². The number of methoxy groups -OCH3 is 1. The highest BCUT2D eigenvalue weighted by molar-refractivity contribution is 7.89. The zero-order valence-electron chi connectivity index (χ0n) is 13.5. The quantitative estimate of drug-likeness (QED) is 0.905. The van der Waals surface area contributed by atoms with Crippen molar-refractivity contribution in [3.63, 3.8) is 0 Å². The SMILES string of the molecule is CNC1CCCN(S(=O)(=O)c2cc(C)c(OC)cc2C)C1.Cl. The van der Waals surface area contributed by atoms with Gasteiger partial charge < -0.3 is 10.1 Å². The maximum Gasteiger partial charge on any atom is 0.243 e. The van der Waals surface area contributed by atoms with Crippen LogP contribution in [0.3, 0.4) is 0 Å². The molecule has 1 atom stereocenters. The molecular weight excluding hydrogens is 324 g/mol. The Morgan fingerprint density at radius 1 is 1.27 bits per heavy atom. The number of piperidine rings is 1. The number of rotatable bonds is 4. The van der Waals surface area contributed by atoms with Gasteiger partial charge in [0, 0.05) is 19.1 Å². The summed E-state index contributed by atoms with van der Waals surface area (Å²) in [5, 5.41) is 3.18. The zero-order valence-corrected chi connectivity index (χ0v) is 15.2. The second kappa shape index (κ2) is 7.64. The van der Waals surface area contributed by atoms with Crippen LogP contribution in [0.4, 0.5) is 0 Å². The Balaban J connectivity index is 0.00000242. The summed E-state index contributed by atoms with van der Waals surface area (Å²) in [5.41, 5.74) is 1.56. The van der Waals surface area contributed by atoms with Gasteiger partial charge in [-0.2, -0.15) is 4.31 Å². The van der Waals surface area contributed by atoms with Gasteiger partial charge in [-0.05, 0) is 57.0 Å². The third-order valence-corrected chi connectivity index (χ3v) is 6.11. The Kier molecular flexibility index (Phi) is 6.67. The molecule has 126 valence electrons. The lowest BCUT2D eigenvalue weighted by molar-refractivity contribution is 0.292. The molecule has 0 bridgehead atoms. The van der Waals surface area contributed by atoms with Crippen LogP contribution in [0, 0.1) is 13.8 Å². The fourth-order valence-electron chi connectivity index (χ4n) is 2.80. The molecular formula is C15H25ClN2O3S. The molecule has 1 N–H and O–H groups in total. The van der Waals surface area contributed by atoms with E-state index in [0.29, 0.717) is 18.0 Å². The number of nitrogens with zero attached hydrogens (tertiary/aromatic N) is 1. The minimum Gasteiger partial charge on any atom is -0.496 e. The van der Waals surface area contributed by atoms with Gasteiger partial charge in [0.05, 0.1) is 12.0 Å². The van der Waals surface area contributed by atoms with Crippen LogP contribution in [-0.2, 0) is 10.0 Å². The van der Waals surface area contributed by atoms with E-state index >= 15 is 0 Å². The average Bonchev–Trinajstić information content (AvgIpc) is 2.49. The number of hydrogen-bond acceptors (Lipinski definition) is 4. The van der Waals surface area contributed by atoms with Crippen LogP contribution in [0.15, 0.2) is 17.0 Å². The van der Waals surface area contributed by atoms with E-state index in [2.05, 4.69) is 5.32 Å². The number of likely N-dealkylation sites (N-methyl/N-ethyl adjacent to an activating group) is 1. The van der Waals surface area contributed by atoms with Crippen molar-refractivity contribution >= 4 is 22.4 Å². The lowest BCUT2D eigenvalue weighted by Crippen LogP contribution is -2.46. The van der Waals surface area contributed by atoms with E-state index in [1.54, 1.807) is 23.5 Å². The van der Waals surface area contributed by atoms with Gasteiger partial charge in [0.2, 0.25) is 10.0 Å². The van der Waals surface area contributed by atoms with Crippen molar-refractivity contribution in [1.82, 2.24) is 9.62 Å². The predicted molar refractivity (Wildman–Crippen MR) is 90.6 cm³/mol. The molecule has 1 saturated heterocycles. The van der Waals surface area contributed by atoms with E-state index in [0.717, 1.165) is 29.7 Å². The van der Waals surface area contributed by atoms with Crippen molar-refractivity contribution < 1.29 is 13.2 Å². The summed E-state index contributed by atoms with van der Waals surface area (Å²) < 4.78 is 32.6. The fourth-order valence-corrected chi connectivity index (χ4v) is 4.61. The standard InChI is InChI=1S/C15H24N2O3S.ClH/c1-11-9-15(12(2)8-14(11)20-4)21(18,19)17-7-5-6-13(10-17)16-3;/h8-9,13,16H,5-7,10H2,1-4H3;1H. The summed E-state index contributed by atoms with van der Waals surface area (Å²) in [5.74, 6) is 0.721. The van der Waals surface area contributed by atoms with Crippen molar-refractivity contribution in [2.45, 2.75) is 37.6 Å². The van der Waals surface area contributed by atoms with Gasteiger partial charge in [-0.15, -0.1) is 12.4 Å². The third kappa shape index (κ3) is 3.74. The number of halogens is 1. The van der Waals surface area contributed by atoms with Gasteiger partial charge in [0.25, 0.3) is 0 Å². The molecule has 0 spiro atoms. The van der Waals surface area contributed by atoms with Gasteiger partial charge in [-0.25, -0.2) is 8.42 Å². The first-order valence-electron chi connectivity index (χ1n) is 7.22. The second-order valence-corrected chi connectivity index (χ2v) is 7.48. The van der Waals surface area contributed by atoms with Crippen molar-refractivity contribution in [3.8, 4) is 5.75 Å². The maximum absolute atomic E-state index is 12.9. The summed E-state index contributed by atoms with van der Waals surface area (Å²) in [7, 11) is 0.0285. The minimum absolute atomic E-state index is 0. The summed E-state index contributed by atoms with van der Waals surface area (Å²) in [6.07, 6.45) is 1.90. The molecule has 1 fully saturated rings. The van der Waals surface area contributed by atoms with E-state index < -0.39 is 10.0 Å². The molecule has 1 aromatic rings. The molecule has 1 aliphatic rings. The Labute approximate surface area is 139 Å². The van der Waals surface area contributed by atoms with Gasteiger partial charge in [0.15, 0.2) is 0 Å². The van der Waals surface area contributed by atoms with Crippen LogP contribution in [0.25, 0.3) is 0 Å². The zero-order chi connectivity index (χ0) is 15.6. The molecule has 2 rings (SSSR count). The molecule has 1 unspecified atom stereocenters. The predicted octanol–water partition coefficient (Wildman–Crippen LogP) is 2.11. The Morgan fingerprint density at radius 2 is 1.95 bits per heavy atom. The molecule has 1 heterocycles. The molecule has 1 aromatic carbocycles. The number of aryl methyl sites for hydroxylation is 2. The van der Waals surface area contributed by atoms with Crippen molar-refractivity contribution in [1.29, 1.82) is 0 Å². The third-order valence-electron chi connectivity index (χ3n) is 4.10. The van der Waals surface area contributed by atoms with E-state index in [-0.39, 0.29) is 18.4 Å².